The Kier molecular flexibility index (Phi) is 6.97. The highest BCUT2D eigenvalue weighted by atomic mass is 79.9. The summed E-state index contributed by atoms with van der Waals surface area (Å²) in [5, 5.41) is 12.0. The molecule has 0 saturated heterocycles. The maximum atomic E-state index is 7.11. The maximum absolute atomic E-state index is 7.11. The molecule has 0 aromatic heterocycles. The van der Waals surface area contributed by atoms with Gasteiger partial charge in [0.25, 0.3) is 0 Å². The van der Waals surface area contributed by atoms with Crippen molar-refractivity contribution in [2.24, 2.45) is 11.5 Å². The second-order valence-electron chi connectivity index (χ2n) is 3.74. The molecule has 106 valence electrons. The molecule has 0 bridgehead atoms. The predicted molar refractivity (Wildman–Crippen MR) is 92.1 cm³/mol. The minimum Gasteiger partial charge on any atom is -0.397 e. The van der Waals surface area contributed by atoms with E-state index in [4.69, 9.17) is 16.9 Å². The Hall–Kier alpha value is -1.66. The van der Waals surface area contributed by atoms with E-state index >= 15 is 0 Å². The van der Waals surface area contributed by atoms with Gasteiger partial charge in [-0.25, -0.2) is 0 Å². The minimum atomic E-state index is 0.421. The smallest absolute Gasteiger partial charge is 0.0820 e. The van der Waals surface area contributed by atoms with Gasteiger partial charge in [0.1, 0.15) is 0 Å². The molecule has 6 heteroatoms. The van der Waals surface area contributed by atoms with Crippen LogP contribution in [0.3, 0.4) is 0 Å². The lowest BCUT2D eigenvalue weighted by Crippen LogP contribution is -2.22. The molecule has 0 radical (unpaired) electrons. The summed E-state index contributed by atoms with van der Waals surface area (Å²) >= 11 is 4.89. The molecule has 0 aliphatic rings. The number of allylic oxidation sites excluding steroid dienone is 1. The second kappa shape index (κ2) is 8.50. The highest BCUT2D eigenvalue weighted by Gasteiger charge is 2.08. The van der Waals surface area contributed by atoms with Gasteiger partial charge in [-0.3, -0.25) is 0 Å². The van der Waals surface area contributed by atoms with Crippen LogP contribution in [0.25, 0.3) is 5.70 Å². The van der Waals surface area contributed by atoms with Crippen LogP contribution in [-0.2, 0) is 0 Å². The van der Waals surface area contributed by atoms with Gasteiger partial charge >= 0.3 is 0 Å². The van der Waals surface area contributed by atoms with Crippen LogP contribution >= 0.6 is 27.7 Å². The summed E-state index contributed by atoms with van der Waals surface area (Å²) in [6, 6.07) is 7.63. The lowest BCUT2D eigenvalue weighted by Gasteiger charge is -2.14. The number of thioether (sulfide) groups is 1. The number of nitrogens with two attached hydrogens (primary N) is 2. The van der Waals surface area contributed by atoms with Gasteiger partial charge in [-0.2, -0.15) is 0 Å². The molecule has 0 unspecified atom stereocenters. The molecule has 20 heavy (non-hydrogen) atoms. The van der Waals surface area contributed by atoms with E-state index in [1.54, 1.807) is 5.41 Å². The Morgan fingerprint density at radius 3 is 2.55 bits per heavy atom. The third-order valence-corrected chi connectivity index (χ3v) is 3.50. The molecule has 1 aromatic carbocycles. The van der Waals surface area contributed by atoms with E-state index in [2.05, 4.69) is 27.8 Å². The molecule has 0 spiro atoms. The lowest BCUT2D eigenvalue weighted by atomic mass is 10.1. The molecule has 4 nitrogen and oxygen atoms in total. The van der Waals surface area contributed by atoms with Crippen molar-refractivity contribution in [3.63, 3.8) is 0 Å². The minimum absolute atomic E-state index is 0.421. The lowest BCUT2D eigenvalue weighted by molar-refractivity contribution is 0.961. The van der Waals surface area contributed by atoms with Crippen LogP contribution in [0.15, 0.2) is 58.2 Å². The Balaban J connectivity index is 3.13. The van der Waals surface area contributed by atoms with Crippen LogP contribution in [0.5, 0.6) is 0 Å². The number of hydrogen-bond donors (Lipinski definition) is 4. The van der Waals surface area contributed by atoms with Crippen LogP contribution in [0.1, 0.15) is 5.56 Å². The fraction of sp³-hybridized carbons (Fsp3) is 0.0714. The van der Waals surface area contributed by atoms with Crippen molar-refractivity contribution < 1.29 is 0 Å². The van der Waals surface area contributed by atoms with Crippen LogP contribution in [0.2, 0.25) is 0 Å². The Morgan fingerprint density at radius 2 is 2.00 bits per heavy atom. The molecule has 0 amide bonds. The highest BCUT2D eigenvalue weighted by molar-refractivity contribution is 9.10. The SMILES string of the molecule is C=CSCNC(/C(N)=C/C=N)=C(\N)c1ccc(Br)cc1. The van der Waals surface area contributed by atoms with Crippen molar-refractivity contribution in [2.75, 3.05) is 5.88 Å². The maximum Gasteiger partial charge on any atom is 0.0820 e. The molecule has 0 aliphatic heterocycles. The normalized spacial score (nSPS) is 12.6. The number of halogens is 1. The Morgan fingerprint density at radius 1 is 1.35 bits per heavy atom. The van der Waals surface area contributed by atoms with Gasteiger partial charge in [-0.05, 0) is 29.2 Å². The van der Waals surface area contributed by atoms with E-state index in [0.29, 0.717) is 23.0 Å². The average molecular weight is 353 g/mol. The first-order valence-electron chi connectivity index (χ1n) is 5.78. The number of benzene rings is 1. The molecule has 0 atom stereocenters. The van der Waals surface area contributed by atoms with E-state index in [-0.39, 0.29) is 0 Å². The van der Waals surface area contributed by atoms with Gasteiger partial charge in [0.05, 0.1) is 23.0 Å². The van der Waals surface area contributed by atoms with Gasteiger partial charge in [-0.15, -0.1) is 11.8 Å². The molecule has 6 N–H and O–H groups in total. The zero-order valence-corrected chi connectivity index (χ0v) is 13.3. The van der Waals surface area contributed by atoms with E-state index < -0.39 is 0 Å². The number of rotatable bonds is 7. The molecule has 0 saturated carbocycles. The molecule has 1 rings (SSSR count). The molecule has 0 aliphatic carbocycles. The van der Waals surface area contributed by atoms with Gasteiger partial charge in [0, 0.05) is 10.7 Å². The number of hydrogen-bond acceptors (Lipinski definition) is 5. The largest absolute Gasteiger partial charge is 0.397 e. The van der Waals surface area contributed by atoms with Crippen molar-refractivity contribution in [3.05, 3.63) is 63.8 Å². The zero-order chi connectivity index (χ0) is 15.0. The van der Waals surface area contributed by atoms with Crippen LogP contribution in [0.4, 0.5) is 0 Å². The topological polar surface area (TPSA) is 87.9 Å². The standard InChI is InChI=1S/C14H17BrN4S/c1-2-20-9-19-14(12(17)7-8-16)13(18)10-3-5-11(15)6-4-10/h2-8,16,19H,1,9,17-18H2/b12-7-,14-13-,16-8?. The van der Waals surface area contributed by atoms with Gasteiger partial charge in [0.15, 0.2) is 0 Å². The third-order valence-electron chi connectivity index (χ3n) is 2.43. The summed E-state index contributed by atoms with van der Waals surface area (Å²) in [4.78, 5) is 0. The molecule has 1 aromatic rings. The first-order valence-corrected chi connectivity index (χ1v) is 7.63. The van der Waals surface area contributed by atoms with E-state index in [1.807, 2.05) is 24.3 Å². The van der Waals surface area contributed by atoms with Gasteiger partial charge < -0.3 is 22.2 Å². The van der Waals surface area contributed by atoms with Crippen molar-refractivity contribution in [1.29, 1.82) is 5.41 Å². The summed E-state index contributed by atoms with van der Waals surface area (Å²) < 4.78 is 0.980. The average Bonchev–Trinajstić information content (AvgIpc) is 2.44. The van der Waals surface area contributed by atoms with Crippen molar-refractivity contribution in [1.82, 2.24) is 5.32 Å². The van der Waals surface area contributed by atoms with Crippen molar-refractivity contribution >= 4 is 39.6 Å². The number of nitrogens with one attached hydrogen (secondary N) is 2. The molecule has 0 heterocycles. The quantitative estimate of drug-likeness (QED) is 0.263. The van der Waals surface area contributed by atoms with Crippen LogP contribution in [0, 0.1) is 5.41 Å². The summed E-state index contributed by atoms with van der Waals surface area (Å²) in [6.45, 7) is 3.64. The third kappa shape index (κ3) is 4.79. The Bertz CT molecular complexity index is 535. The molecular formula is C14H17BrN4S. The second-order valence-corrected chi connectivity index (χ2v) is 5.61. The molecule has 0 fully saturated rings. The Labute approximate surface area is 131 Å². The van der Waals surface area contributed by atoms with E-state index in [0.717, 1.165) is 16.3 Å². The van der Waals surface area contributed by atoms with Crippen molar-refractivity contribution in [2.45, 2.75) is 0 Å². The summed E-state index contributed by atoms with van der Waals surface area (Å²) in [5.41, 5.74) is 14.6. The monoisotopic (exact) mass is 352 g/mol. The van der Waals surface area contributed by atoms with Crippen molar-refractivity contribution in [3.8, 4) is 0 Å². The highest BCUT2D eigenvalue weighted by Crippen LogP contribution is 2.18. The van der Waals surface area contributed by atoms with Crippen LogP contribution < -0.4 is 16.8 Å². The van der Waals surface area contributed by atoms with Crippen LogP contribution in [-0.4, -0.2) is 12.1 Å². The summed E-state index contributed by atoms with van der Waals surface area (Å²) in [6.07, 6.45) is 2.62. The fourth-order valence-corrected chi connectivity index (χ4v) is 2.08. The predicted octanol–water partition coefficient (Wildman–Crippen LogP) is 2.99. The molecular weight excluding hydrogens is 336 g/mol. The fourth-order valence-electron chi connectivity index (χ4n) is 1.47. The van der Waals surface area contributed by atoms with E-state index in [1.165, 1.54) is 17.8 Å². The van der Waals surface area contributed by atoms with E-state index in [9.17, 15) is 0 Å². The first-order chi connectivity index (χ1) is 9.60. The summed E-state index contributed by atoms with van der Waals surface area (Å²) in [5.74, 6) is 0.600. The van der Waals surface area contributed by atoms with Gasteiger partial charge in [0.2, 0.25) is 0 Å². The zero-order valence-electron chi connectivity index (χ0n) is 10.9. The first kappa shape index (κ1) is 16.4. The van der Waals surface area contributed by atoms with Gasteiger partial charge in [-0.1, -0.05) is 34.6 Å². The summed E-state index contributed by atoms with van der Waals surface area (Å²) in [7, 11) is 0.